The Hall–Kier alpha value is -2.21. The summed E-state index contributed by atoms with van der Waals surface area (Å²) in [5, 5.41) is 6.17. The van der Waals surface area contributed by atoms with Gasteiger partial charge in [0.25, 0.3) is 0 Å². The molecular weight excluding hydrogens is 370 g/mol. The van der Waals surface area contributed by atoms with Crippen molar-refractivity contribution in [2.45, 2.75) is 51.5 Å². The molecule has 1 aromatic heterocycles. The molecule has 1 atom stereocenters. The Bertz CT molecular complexity index is 840. The van der Waals surface area contributed by atoms with Crippen molar-refractivity contribution >= 4 is 23.2 Å². The standard InChI is InChI=1S/C22H27N3O2S/c1-15-24-20(14-28-15)17-8-6-16(7-9-17)10-11-23-22(27)18-12-21(26)25(13-18)19-4-2-3-5-19/h6-9,14,18-19H,2-5,10-13H2,1H3,(H,23,27). The molecule has 0 spiro atoms. The van der Waals surface area contributed by atoms with Crippen molar-refractivity contribution < 1.29 is 9.59 Å². The summed E-state index contributed by atoms with van der Waals surface area (Å²) in [5.74, 6) is -0.0216. The first-order chi connectivity index (χ1) is 13.6. The zero-order valence-corrected chi connectivity index (χ0v) is 17.1. The monoisotopic (exact) mass is 397 g/mol. The molecule has 148 valence electrons. The van der Waals surface area contributed by atoms with Crippen molar-refractivity contribution in [3.8, 4) is 11.3 Å². The molecule has 28 heavy (non-hydrogen) atoms. The molecule has 1 aliphatic heterocycles. The van der Waals surface area contributed by atoms with Gasteiger partial charge >= 0.3 is 0 Å². The van der Waals surface area contributed by atoms with Crippen LogP contribution in [0.3, 0.4) is 0 Å². The minimum atomic E-state index is -0.191. The first-order valence-corrected chi connectivity index (χ1v) is 11.1. The maximum Gasteiger partial charge on any atom is 0.225 e. The summed E-state index contributed by atoms with van der Waals surface area (Å²) in [6, 6.07) is 8.72. The number of benzene rings is 1. The van der Waals surface area contributed by atoms with E-state index in [-0.39, 0.29) is 17.7 Å². The molecule has 2 heterocycles. The normalized spacial score (nSPS) is 20.1. The predicted octanol–water partition coefficient (Wildman–Crippen LogP) is 3.57. The number of carbonyl (C=O) groups excluding carboxylic acids is 2. The van der Waals surface area contributed by atoms with Crippen LogP contribution in [0.25, 0.3) is 11.3 Å². The molecule has 1 aliphatic carbocycles. The maximum atomic E-state index is 12.5. The summed E-state index contributed by atoms with van der Waals surface area (Å²) in [7, 11) is 0. The van der Waals surface area contributed by atoms with Crippen LogP contribution in [0.2, 0.25) is 0 Å². The number of nitrogens with one attached hydrogen (secondary N) is 1. The highest BCUT2D eigenvalue weighted by Crippen LogP contribution is 2.29. The zero-order valence-electron chi connectivity index (χ0n) is 16.3. The van der Waals surface area contributed by atoms with Crippen molar-refractivity contribution in [1.82, 2.24) is 15.2 Å². The Morgan fingerprint density at radius 1 is 1.25 bits per heavy atom. The van der Waals surface area contributed by atoms with E-state index in [9.17, 15) is 9.59 Å². The highest BCUT2D eigenvalue weighted by molar-refractivity contribution is 7.09. The van der Waals surface area contributed by atoms with E-state index in [0.29, 0.717) is 25.6 Å². The average molecular weight is 398 g/mol. The van der Waals surface area contributed by atoms with Gasteiger partial charge in [0.2, 0.25) is 11.8 Å². The summed E-state index contributed by atoms with van der Waals surface area (Å²) in [5.41, 5.74) is 3.32. The second-order valence-electron chi connectivity index (χ2n) is 7.88. The van der Waals surface area contributed by atoms with Crippen LogP contribution in [-0.2, 0) is 16.0 Å². The van der Waals surface area contributed by atoms with E-state index < -0.39 is 0 Å². The van der Waals surface area contributed by atoms with Crippen molar-refractivity contribution in [3.63, 3.8) is 0 Å². The SMILES string of the molecule is Cc1nc(-c2ccc(CCNC(=O)C3CC(=O)N(C4CCCC4)C3)cc2)cs1. The number of hydrogen-bond donors (Lipinski definition) is 1. The highest BCUT2D eigenvalue weighted by Gasteiger charge is 2.38. The minimum absolute atomic E-state index is 0.0171. The molecule has 0 radical (unpaired) electrons. The summed E-state index contributed by atoms with van der Waals surface area (Å²) in [4.78, 5) is 31.2. The second-order valence-corrected chi connectivity index (χ2v) is 8.94. The van der Waals surface area contributed by atoms with Crippen LogP contribution in [0, 0.1) is 12.8 Å². The largest absolute Gasteiger partial charge is 0.355 e. The molecule has 6 heteroatoms. The maximum absolute atomic E-state index is 12.5. The molecule has 1 N–H and O–H groups in total. The van der Waals surface area contributed by atoms with Gasteiger partial charge in [0.05, 0.1) is 16.6 Å². The fraction of sp³-hybridized carbons (Fsp3) is 0.500. The lowest BCUT2D eigenvalue weighted by Gasteiger charge is -2.23. The fourth-order valence-electron chi connectivity index (χ4n) is 4.29. The molecule has 1 unspecified atom stereocenters. The van der Waals surface area contributed by atoms with Crippen LogP contribution in [0.4, 0.5) is 0 Å². The third-order valence-corrected chi connectivity index (χ3v) is 6.65. The molecule has 1 saturated carbocycles. The van der Waals surface area contributed by atoms with Crippen molar-refractivity contribution in [1.29, 1.82) is 0 Å². The van der Waals surface area contributed by atoms with Crippen LogP contribution >= 0.6 is 11.3 Å². The van der Waals surface area contributed by atoms with Gasteiger partial charge in [0.15, 0.2) is 0 Å². The molecule has 2 amide bonds. The average Bonchev–Trinajstić information content (AvgIpc) is 3.43. The molecule has 2 fully saturated rings. The number of likely N-dealkylation sites (tertiary alicyclic amines) is 1. The van der Waals surface area contributed by atoms with Crippen LogP contribution in [0.5, 0.6) is 0 Å². The number of nitrogens with zero attached hydrogens (tertiary/aromatic N) is 2. The van der Waals surface area contributed by atoms with E-state index in [1.54, 1.807) is 11.3 Å². The highest BCUT2D eigenvalue weighted by atomic mass is 32.1. The van der Waals surface area contributed by atoms with Crippen LogP contribution < -0.4 is 5.32 Å². The Morgan fingerprint density at radius 3 is 2.68 bits per heavy atom. The number of amides is 2. The van der Waals surface area contributed by atoms with Crippen molar-refractivity contribution in [2.24, 2.45) is 5.92 Å². The molecule has 0 bridgehead atoms. The first-order valence-electron chi connectivity index (χ1n) is 10.2. The van der Waals surface area contributed by atoms with Gasteiger partial charge < -0.3 is 10.2 Å². The number of aromatic nitrogens is 1. The molecule has 2 aliphatic rings. The topological polar surface area (TPSA) is 62.3 Å². The van der Waals surface area contributed by atoms with E-state index >= 15 is 0 Å². The van der Waals surface area contributed by atoms with Gasteiger partial charge in [-0.25, -0.2) is 4.98 Å². The lowest BCUT2D eigenvalue weighted by atomic mass is 10.1. The summed E-state index contributed by atoms with van der Waals surface area (Å²) < 4.78 is 0. The van der Waals surface area contributed by atoms with Gasteiger partial charge in [-0.3, -0.25) is 9.59 Å². The van der Waals surface area contributed by atoms with E-state index in [1.807, 2.05) is 11.8 Å². The van der Waals surface area contributed by atoms with E-state index in [0.717, 1.165) is 35.5 Å². The van der Waals surface area contributed by atoms with Crippen LogP contribution in [-0.4, -0.2) is 40.8 Å². The lowest BCUT2D eigenvalue weighted by molar-refractivity contribution is -0.130. The second kappa shape index (κ2) is 8.43. The van der Waals surface area contributed by atoms with E-state index in [4.69, 9.17) is 0 Å². The number of rotatable bonds is 6. The Balaban J connectivity index is 1.24. The zero-order chi connectivity index (χ0) is 19.5. The Kier molecular flexibility index (Phi) is 5.76. The summed E-state index contributed by atoms with van der Waals surface area (Å²) in [6.07, 6.45) is 5.74. The van der Waals surface area contributed by atoms with Crippen molar-refractivity contribution in [3.05, 3.63) is 40.2 Å². The molecule has 1 saturated heterocycles. The number of hydrogen-bond acceptors (Lipinski definition) is 4. The van der Waals surface area contributed by atoms with Gasteiger partial charge in [-0.05, 0) is 31.7 Å². The number of aryl methyl sites for hydroxylation is 1. The molecule has 2 aromatic rings. The van der Waals surface area contributed by atoms with Gasteiger partial charge in [-0.15, -0.1) is 11.3 Å². The van der Waals surface area contributed by atoms with Gasteiger partial charge in [0, 0.05) is 36.5 Å². The Morgan fingerprint density at radius 2 is 2.00 bits per heavy atom. The number of thiazole rings is 1. The molecule has 5 nitrogen and oxygen atoms in total. The quantitative estimate of drug-likeness (QED) is 0.811. The summed E-state index contributed by atoms with van der Waals surface area (Å²) >= 11 is 1.65. The van der Waals surface area contributed by atoms with Gasteiger partial charge in [0.1, 0.15) is 0 Å². The van der Waals surface area contributed by atoms with Gasteiger partial charge in [-0.2, -0.15) is 0 Å². The molecule has 4 rings (SSSR count). The minimum Gasteiger partial charge on any atom is -0.355 e. The first kappa shape index (κ1) is 19.1. The third kappa shape index (κ3) is 4.27. The third-order valence-electron chi connectivity index (χ3n) is 5.88. The van der Waals surface area contributed by atoms with Crippen molar-refractivity contribution in [2.75, 3.05) is 13.1 Å². The van der Waals surface area contributed by atoms with E-state index in [1.165, 1.54) is 18.4 Å². The van der Waals surface area contributed by atoms with Gasteiger partial charge in [-0.1, -0.05) is 37.1 Å². The van der Waals surface area contributed by atoms with Crippen LogP contribution in [0.15, 0.2) is 29.6 Å². The number of carbonyl (C=O) groups is 2. The van der Waals surface area contributed by atoms with Crippen LogP contribution in [0.1, 0.15) is 42.7 Å². The summed E-state index contributed by atoms with van der Waals surface area (Å²) in [6.45, 7) is 3.20. The molecular formula is C22H27N3O2S. The fourth-order valence-corrected chi connectivity index (χ4v) is 4.91. The lowest BCUT2D eigenvalue weighted by Crippen LogP contribution is -2.37. The molecule has 1 aromatic carbocycles. The van der Waals surface area contributed by atoms with E-state index in [2.05, 4.69) is 39.9 Å². The Labute approximate surface area is 170 Å². The smallest absolute Gasteiger partial charge is 0.225 e. The predicted molar refractivity (Wildman–Crippen MR) is 111 cm³/mol.